The second kappa shape index (κ2) is 5.16. The van der Waals surface area contributed by atoms with Crippen LogP contribution >= 0.6 is 11.6 Å². The van der Waals surface area contributed by atoms with Gasteiger partial charge in [-0.3, -0.25) is 0 Å². The maximum Gasteiger partial charge on any atom is 0.435 e. The topological polar surface area (TPSA) is 44.1 Å². The fraction of sp³-hybridized carbons (Fsp3) is 0.167. The van der Waals surface area contributed by atoms with E-state index < -0.39 is 17.8 Å². The summed E-state index contributed by atoms with van der Waals surface area (Å²) < 4.78 is 42.9. The molecule has 0 aliphatic carbocycles. The van der Waals surface area contributed by atoms with Gasteiger partial charge in [-0.2, -0.15) is 18.3 Å². The van der Waals surface area contributed by atoms with Gasteiger partial charge in [0.05, 0.1) is 23.4 Å². The molecule has 2 aromatic rings. The van der Waals surface area contributed by atoms with E-state index >= 15 is 0 Å². The molecule has 0 unspecified atom stereocenters. The highest BCUT2D eigenvalue weighted by molar-refractivity contribution is 6.33. The van der Waals surface area contributed by atoms with Crippen molar-refractivity contribution in [1.29, 1.82) is 0 Å². The molecule has 0 fully saturated rings. The Hall–Kier alpha value is -2.02. The molecule has 8 heteroatoms. The molecule has 0 bridgehead atoms. The number of alkyl halides is 3. The Labute approximate surface area is 116 Å². The van der Waals surface area contributed by atoms with Crippen LogP contribution in [-0.4, -0.2) is 22.9 Å². The fourth-order valence-electron chi connectivity index (χ4n) is 1.54. The van der Waals surface area contributed by atoms with Gasteiger partial charge >= 0.3 is 12.1 Å². The highest BCUT2D eigenvalue weighted by atomic mass is 35.5. The number of benzene rings is 1. The molecular weight excluding hydrogens is 297 g/mol. The van der Waals surface area contributed by atoms with Crippen LogP contribution in [-0.2, 0) is 10.9 Å². The third-order valence-corrected chi connectivity index (χ3v) is 2.81. The van der Waals surface area contributed by atoms with E-state index in [1.54, 1.807) is 0 Å². The van der Waals surface area contributed by atoms with Crippen molar-refractivity contribution in [3.63, 3.8) is 0 Å². The quantitative estimate of drug-likeness (QED) is 0.799. The summed E-state index contributed by atoms with van der Waals surface area (Å²) in [5, 5.41) is 3.47. The zero-order chi connectivity index (χ0) is 14.9. The van der Waals surface area contributed by atoms with E-state index in [1.165, 1.54) is 25.3 Å². The number of rotatable bonds is 2. The Bertz CT molecular complexity index is 652. The number of esters is 1. The van der Waals surface area contributed by atoms with Gasteiger partial charge in [0.25, 0.3) is 0 Å². The number of hydrogen-bond acceptors (Lipinski definition) is 3. The number of carbonyl (C=O) groups excluding carboxylic acids is 1. The van der Waals surface area contributed by atoms with Gasteiger partial charge in [-0.05, 0) is 24.3 Å². The van der Waals surface area contributed by atoms with Crippen LogP contribution < -0.4 is 0 Å². The van der Waals surface area contributed by atoms with Crippen molar-refractivity contribution in [2.45, 2.75) is 6.18 Å². The number of aromatic nitrogens is 2. The zero-order valence-corrected chi connectivity index (χ0v) is 10.9. The third-order valence-electron chi connectivity index (χ3n) is 2.50. The Kier molecular flexibility index (Phi) is 3.71. The molecule has 2 rings (SSSR count). The summed E-state index contributed by atoms with van der Waals surface area (Å²) in [5.41, 5.74) is -0.579. The monoisotopic (exact) mass is 304 g/mol. The number of carbonyl (C=O) groups is 1. The Morgan fingerprint density at radius 1 is 1.35 bits per heavy atom. The van der Waals surface area contributed by atoms with Gasteiger partial charge in [0, 0.05) is 6.20 Å². The first-order chi connectivity index (χ1) is 9.32. The Balaban J connectivity index is 2.37. The van der Waals surface area contributed by atoms with Crippen molar-refractivity contribution in [2.75, 3.05) is 7.11 Å². The van der Waals surface area contributed by atoms with Crippen LogP contribution in [0.5, 0.6) is 0 Å². The van der Waals surface area contributed by atoms with Crippen molar-refractivity contribution in [3.05, 3.63) is 46.7 Å². The predicted octanol–water partition coefficient (Wildman–Crippen LogP) is 3.33. The predicted molar refractivity (Wildman–Crippen MR) is 64.9 cm³/mol. The van der Waals surface area contributed by atoms with Crippen molar-refractivity contribution in [2.24, 2.45) is 0 Å². The summed E-state index contributed by atoms with van der Waals surface area (Å²) in [6, 6.07) is 4.97. The number of nitrogens with zero attached hydrogens (tertiary/aromatic N) is 2. The van der Waals surface area contributed by atoms with Gasteiger partial charge < -0.3 is 4.74 Å². The summed E-state index contributed by atoms with van der Waals surface area (Å²) in [4.78, 5) is 11.3. The zero-order valence-electron chi connectivity index (χ0n) is 10.1. The standard InChI is InChI=1S/C12H8ClF3N2O2/c1-20-11(19)8-3-2-7(6-9(8)13)18-5-4-10(17-18)12(14,15)16/h2-6H,1H3. The number of methoxy groups -OCH3 is 1. The van der Waals surface area contributed by atoms with Gasteiger partial charge in [0.15, 0.2) is 5.69 Å². The Morgan fingerprint density at radius 2 is 2.05 bits per heavy atom. The minimum absolute atomic E-state index is 0.0680. The van der Waals surface area contributed by atoms with Crippen LogP contribution in [0.25, 0.3) is 5.69 Å². The molecule has 0 aliphatic rings. The van der Waals surface area contributed by atoms with Crippen LogP contribution in [0.1, 0.15) is 16.1 Å². The highest BCUT2D eigenvalue weighted by Crippen LogP contribution is 2.28. The summed E-state index contributed by atoms with van der Waals surface area (Å²) in [5.74, 6) is -0.627. The van der Waals surface area contributed by atoms with E-state index in [1.807, 2.05) is 0 Å². The maximum absolute atomic E-state index is 12.4. The minimum atomic E-state index is -4.51. The molecule has 0 radical (unpaired) electrons. The lowest BCUT2D eigenvalue weighted by Gasteiger charge is -2.06. The first kappa shape index (κ1) is 14.4. The molecule has 0 saturated heterocycles. The SMILES string of the molecule is COC(=O)c1ccc(-n2ccc(C(F)(F)F)n2)cc1Cl. The molecule has 4 nitrogen and oxygen atoms in total. The van der Waals surface area contributed by atoms with E-state index in [0.717, 1.165) is 16.9 Å². The molecule has 0 spiro atoms. The molecule has 0 saturated carbocycles. The number of halogens is 4. The summed E-state index contributed by atoms with van der Waals surface area (Å²) in [6.07, 6.45) is -3.35. The summed E-state index contributed by atoms with van der Waals surface area (Å²) in [7, 11) is 1.20. The fourth-order valence-corrected chi connectivity index (χ4v) is 1.79. The second-order valence-electron chi connectivity index (χ2n) is 3.80. The lowest BCUT2D eigenvalue weighted by Crippen LogP contribution is -2.07. The van der Waals surface area contributed by atoms with Crippen molar-refractivity contribution < 1.29 is 22.7 Å². The van der Waals surface area contributed by atoms with Crippen molar-refractivity contribution >= 4 is 17.6 Å². The lowest BCUT2D eigenvalue weighted by molar-refractivity contribution is -0.141. The van der Waals surface area contributed by atoms with Crippen molar-refractivity contribution in [1.82, 2.24) is 9.78 Å². The van der Waals surface area contributed by atoms with E-state index in [9.17, 15) is 18.0 Å². The maximum atomic E-state index is 12.4. The molecular formula is C12H8ClF3N2O2. The van der Waals surface area contributed by atoms with Gasteiger partial charge in [-0.1, -0.05) is 11.6 Å². The minimum Gasteiger partial charge on any atom is -0.465 e. The molecule has 1 heterocycles. The largest absolute Gasteiger partial charge is 0.465 e. The number of hydrogen-bond donors (Lipinski definition) is 0. The third kappa shape index (κ3) is 2.77. The molecule has 1 aromatic carbocycles. The molecule has 0 N–H and O–H groups in total. The second-order valence-corrected chi connectivity index (χ2v) is 4.21. The molecule has 0 amide bonds. The first-order valence-electron chi connectivity index (χ1n) is 5.34. The van der Waals surface area contributed by atoms with Gasteiger partial charge in [0.2, 0.25) is 0 Å². The normalized spacial score (nSPS) is 11.4. The van der Waals surface area contributed by atoms with E-state index in [4.69, 9.17) is 11.6 Å². The van der Waals surface area contributed by atoms with Crippen LogP contribution in [0.4, 0.5) is 13.2 Å². The first-order valence-corrected chi connectivity index (χ1v) is 5.72. The summed E-state index contributed by atoms with van der Waals surface area (Å²) in [6.45, 7) is 0. The number of ether oxygens (including phenoxy) is 1. The van der Waals surface area contributed by atoms with Crippen molar-refractivity contribution in [3.8, 4) is 5.69 Å². The Morgan fingerprint density at radius 3 is 2.55 bits per heavy atom. The highest BCUT2D eigenvalue weighted by Gasteiger charge is 2.33. The van der Waals surface area contributed by atoms with Gasteiger partial charge in [-0.25, -0.2) is 9.48 Å². The molecule has 106 valence electrons. The van der Waals surface area contributed by atoms with Crippen LogP contribution in [0.15, 0.2) is 30.5 Å². The smallest absolute Gasteiger partial charge is 0.435 e. The van der Waals surface area contributed by atoms with Crippen LogP contribution in [0, 0.1) is 0 Å². The van der Waals surface area contributed by atoms with Gasteiger partial charge in [0.1, 0.15) is 0 Å². The van der Waals surface area contributed by atoms with E-state index in [0.29, 0.717) is 5.69 Å². The lowest BCUT2D eigenvalue weighted by atomic mass is 10.2. The molecule has 0 atom stereocenters. The van der Waals surface area contributed by atoms with Crippen LogP contribution in [0.3, 0.4) is 0 Å². The molecule has 0 aliphatic heterocycles. The van der Waals surface area contributed by atoms with E-state index in [2.05, 4.69) is 9.84 Å². The molecule has 1 aromatic heterocycles. The summed E-state index contributed by atoms with van der Waals surface area (Å²) >= 11 is 5.89. The average molecular weight is 305 g/mol. The average Bonchev–Trinajstić information content (AvgIpc) is 2.87. The van der Waals surface area contributed by atoms with E-state index in [-0.39, 0.29) is 10.6 Å². The van der Waals surface area contributed by atoms with Crippen LogP contribution in [0.2, 0.25) is 5.02 Å². The molecule has 20 heavy (non-hydrogen) atoms. The van der Waals surface area contributed by atoms with Gasteiger partial charge in [-0.15, -0.1) is 0 Å².